The molecule has 0 aliphatic heterocycles. The Balaban J connectivity index is 1.75. The number of fused-ring (bicyclic) bond motifs is 4. The molecule has 0 spiro atoms. The highest BCUT2D eigenvalue weighted by molar-refractivity contribution is 9.10. The zero-order valence-electron chi connectivity index (χ0n) is 15.4. The van der Waals surface area contributed by atoms with Gasteiger partial charge in [-0.25, -0.2) is 0 Å². The molecular weight excluding hydrogens is 426 g/mol. The molecule has 0 radical (unpaired) electrons. The molecule has 3 aromatic carbocycles. The van der Waals surface area contributed by atoms with E-state index in [1.54, 1.807) is 11.3 Å². The standard InChI is InChI=1S/C25H18BrNS/c1-16(11-14-24-17(2)19-7-4-6-10-25(19)28-24)27-22-9-5-3-8-20(22)21-15-18(26)12-13-23(21)27/h3-15H,2H2,1H3/b16-11+,24-14+. The van der Waals surface area contributed by atoms with Gasteiger partial charge in [-0.05, 0) is 60.0 Å². The van der Waals surface area contributed by atoms with Crippen LogP contribution in [0.5, 0.6) is 0 Å². The quantitative estimate of drug-likeness (QED) is 0.292. The molecule has 0 unspecified atom stereocenters. The van der Waals surface area contributed by atoms with E-state index in [-0.39, 0.29) is 0 Å². The zero-order valence-corrected chi connectivity index (χ0v) is 17.8. The Morgan fingerprint density at radius 2 is 1.64 bits per heavy atom. The molecule has 0 aliphatic carbocycles. The summed E-state index contributed by atoms with van der Waals surface area (Å²) in [4.78, 5) is 0. The average Bonchev–Trinajstić information content (AvgIpc) is 3.21. The SMILES string of the molecule is C=c1/c(=C\C=C(/C)n2c3ccccc3c3cc(Br)ccc32)sc2ccccc12. The summed E-state index contributed by atoms with van der Waals surface area (Å²) in [5.74, 6) is 0. The summed E-state index contributed by atoms with van der Waals surface area (Å²) < 4.78 is 5.93. The van der Waals surface area contributed by atoms with Gasteiger partial charge in [0.2, 0.25) is 0 Å². The summed E-state index contributed by atoms with van der Waals surface area (Å²) in [6.07, 6.45) is 4.40. The summed E-state index contributed by atoms with van der Waals surface area (Å²) in [7, 11) is 0. The summed E-state index contributed by atoms with van der Waals surface area (Å²) in [5.41, 5.74) is 3.63. The van der Waals surface area contributed by atoms with Crippen LogP contribution in [0.25, 0.3) is 50.2 Å². The van der Waals surface area contributed by atoms with E-state index in [1.165, 1.54) is 42.1 Å². The van der Waals surface area contributed by atoms with Gasteiger partial charge < -0.3 is 4.57 Å². The smallest absolute Gasteiger partial charge is 0.0538 e. The van der Waals surface area contributed by atoms with Gasteiger partial charge in [-0.3, -0.25) is 0 Å². The lowest BCUT2D eigenvalue weighted by molar-refractivity contribution is 1.20. The number of thiophene rings is 1. The fraction of sp³-hybridized carbons (Fsp3) is 0.0400. The van der Waals surface area contributed by atoms with Crippen LogP contribution in [-0.2, 0) is 0 Å². The predicted octanol–water partition coefficient (Wildman–Crippen LogP) is 6.52. The van der Waals surface area contributed by atoms with Crippen molar-refractivity contribution < 1.29 is 0 Å². The normalized spacial score (nSPS) is 13.2. The van der Waals surface area contributed by atoms with E-state index in [9.17, 15) is 0 Å². The van der Waals surface area contributed by atoms with Crippen molar-refractivity contribution in [2.45, 2.75) is 6.92 Å². The molecule has 0 fully saturated rings. The highest BCUT2D eigenvalue weighted by atomic mass is 79.9. The Hall–Kier alpha value is -2.62. The van der Waals surface area contributed by atoms with Gasteiger partial charge in [-0.2, -0.15) is 0 Å². The molecule has 0 N–H and O–H groups in total. The second-order valence-corrected chi connectivity index (χ2v) is 8.93. The third-order valence-corrected chi connectivity index (χ3v) is 6.86. The first kappa shape index (κ1) is 17.5. The Bertz CT molecular complexity index is 1500. The van der Waals surface area contributed by atoms with Crippen LogP contribution < -0.4 is 9.75 Å². The molecule has 5 rings (SSSR count). The van der Waals surface area contributed by atoms with Gasteiger partial charge in [0.25, 0.3) is 0 Å². The maximum atomic E-state index is 4.30. The average molecular weight is 444 g/mol. The van der Waals surface area contributed by atoms with E-state index >= 15 is 0 Å². The van der Waals surface area contributed by atoms with Crippen molar-refractivity contribution in [3.63, 3.8) is 0 Å². The molecule has 0 aliphatic rings. The van der Waals surface area contributed by atoms with Crippen LogP contribution in [0.3, 0.4) is 0 Å². The highest BCUT2D eigenvalue weighted by Gasteiger charge is 2.11. The Labute approximate surface area is 175 Å². The van der Waals surface area contributed by atoms with Gasteiger partial charge in [-0.15, -0.1) is 11.3 Å². The number of nitrogens with zero attached hydrogens (tertiary/aromatic N) is 1. The fourth-order valence-corrected chi connectivity index (χ4v) is 5.26. The van der Waals surface area contributed by atoms with Crippen LogP contribution in [0.15, 0.2) is 77.3 Å². The Morgan fingerprint density at radius 3 is 2.46 bits per heavy atom. The van der Waals surface area contributed by atoms with Gasteiger partial charge in [0, 0.05) is 30.2 Å². The van der Waals surface area contributed by atoms with Crippen molar-refractivity contribution in [3.8, 4) is 0 Å². The molecule has 3 heteroatoms. The molecule has 0 atom stereocenters. The number of allylic oxidation sites excluding steroid dienone is 2. The van der Waals surface area contributed by atoms with Gasteiger partial charge >= 0.3 is 0 Å². The lowest BCUT2D eigenvalue weighted by Crippen LogP contribution is -2.15. The molecule has 2 aromatic heterocycles. The van der Waals surface area contributed by atoms with Crippen molar-refractivity contribution in [2.75, 3.05) is 0 Å². The number of halogens is 1. The molecule has 136 valence electrons. The third kappa shape index (κ3) is 2.74. The van der Waals surface area contributed by atoms with E-state index in [4.69, 9.17) is 0 Å². The van der Waals surface area contributed by atoms with Crippen LogP contribution in [0.2, 0.25) is 0 Å². The molecule has 5 aromatic rings. The molecule has 2 heterocycles. The number of aromatic nitrogens is 1. The van der Waals surface area contributed by atoms with Crippen LogP contribution in [-0.4, -0.2) is 4.57 Å². The fourth-order valence-electron chi connectivity index (χ4n) is 3.85. The predicted molar refractivity (Wildman–Crippen MR) is 128 cm³/mol. The maximum Gasteiger partial charge on any atom is 0.0538 e. The number of rotatable bonds is 2. The van der Waals surface area contributed by atoms with Crippen LogP contribution in [0, 0.1) is 0 Å². The van der Waals surface area contributed by atoms with E-state index in [0.717, 1.165) is 9.69 Å². The monoisotopic (exact) mass is 443 g/mol. The van der Waals surface area contributed by atoms with Gasteiger partial charge in [0.05, 0.1) is 11.0 Å². The first-order valence-corrected chi connectivity index (χ1v) is 10.8. The van der Waals surface area contributed by atoms with Crippen molar-refractivity contribution in [1.82, 2.24) is 4.57 Å². The summed E-state index contributed by atoms with van der Waals surface area (Å²) >= 11 is 5.41. The van der Waals surface area contributed by atoms with Gasteiger partial charge in [0.15, 0.2) is 0 Å². The minimum absolute atomic E-state index is 1.10. The van der Waals surface area contributed by atoms with Crippen molar-refractivity contribution in [3.05, 3.63) is 87.0 Å². The molecular formula is C25H18BrNS. The van der Waals surface area contributed by atoms with Crippen LogP contribution >= 0.6 is 27.3 Å². The van der Waals surface area contributed by atoms with Crippen LogP contribution in [0.1, 0.15) is 6.92 Å². The minimum Gasteiger partial charge on any atom is -0.313 e. The number of benzene rings is 3. The second kappa shape index (κ2) is 6.77. The van der Waals surface area contributed by atoms with Crippen molar-refractivity contribution >= 4 is 77.5 Å². The highest BCUT2D eigenvalue weighted by Crippen LogP contribution is 2.33. The van der Waals surface area contributed by atoms with E-state index < -0.39 is 0 Å². The molecule has 0 saturated carbocycles. The topological polar surface area (TPSA) is 4.93 Å². The van der Waals surface area contributed by atoms with E-state index in [0.29, 0.717) is 0 Å². The van der Waals surface area contributed by atoms with Crippen molar-refractivity contribution in [1.29, 1.82) is 0 Å². The zero-order chi connectivity index (χ0) is 19.3. The molecule has 0 amide bonds. The second-order valence-electron chi connectivity index (χ2n) is 6.93. The largest absolute Gasteiger partial charge is 0.313 e. The summed E-state index contributed by atoms with van der Waals surface area (Å²) in [5, 5.41) is 4.88. The first-order chi connectivity index (χ1) is 13.6. The first-order valence-electron chi connectivity index (χ1n) is 9.18. The van der Waals surface area contributed by atoms with E-state index in [1.807, 2.05) is 0 Å². The van der Waals surface area contributed by atoms with Crippen LogP contribution in [0.4, 0.5) is 0 Å². The Morgan fingerprint density at radius 1 is 0.929 bits per heavy atom. The van der Waals surface area contributed by atoms with Gasteiger partial charge in [-0.1, -0.05) is 58.9 Å². The number of hydrogen-bond acceptors (Lipinski definition) is 1. The summed E-state index contributed by atoms with van der Waals surface area (Å²) in [6.45, 7) is 6.46. The lowest BCUT2D eigenvalue weighted by Gasteiger charge is -2.07. The third-order valence-electron chi connectivity index (χ3n) is 5.19. The van der Waals surface area contributed by atoms with Crippen molar-refractivity contribution in [2.24, 2.45) is 0 Å². The summed E-state index contributed by atoms with van der Waals surface area (Å²) in [6, 6.07) is 23.5. The molecule has 0 bridgehead atoms. The molecule has 1 nitrogen and oxygen atoms in total. The maximum absolute atomic E-state index is 4.30. The Kier molecular flexibility index (Phi) is 4.22. The minimum atomic E-state index is 1.10. The van der Waals surface area contributed by atoms with E-state index in [2.05, 4.69) is 113 Å². The molecule has 28 heavy (non-hydrogen) atoms. The lowest BCUT2D eigenvalue weighted by atomic mass is 10.2. The number of hydrogen-bond donors (Lipinski definition) is 0. The number of para-hydroxylation sites is 1. The molecule has 0 saturated heterocycles. The van der Waals surface area contributed by atoms with Gasteiger partial charge in [0.1, 0.15) is 0 Å².